The predicted molar refractivity (Wildman–Crippen MR) is 177 cm³/mol. The molecule has 0 bridgehead atoms. The van der Waals surface area contributed by atoms with Gasteiger partial charge in [0.2, 0.25) is 5.91 Å². The van der Waals surface area contributed by atoms with E-state index in [1.165, 1.54) is 33.7 Å². The Balaban J connectivity index is 1.32. The van der Waals surface area contributed by atoms with Crippen molar-refractivity contribution in [2.75, 3.05) is 11.4 Å². The Kier molecular flexibility index (Phi) is 9.02. The van der Waals surface area contributed by atoms with Gasteiger partial charge in [-0.3, -0.25) is 9.59 Å². The Labute approximate surface area is 281 Å². The zero-order valence-electron chi connectivity index (χ0n) is 26.5. The quantitative estimate of drug-likeness (QED) is 0.189. The monoisotopic (exact) mass is 671 g/mol. The van der Waals surface area contributed by atoms with E-state index in [4.69, 9.17) is 9.47 Å². The van der Waals surface area contributed by atoms with Gasteiger partial charge in [-0.05, 0) is 67.5 Å². The number of phenols is 1. The minimum Gasteiger partial charge on any atom is -0.503 e. The number of thioether (sulfide) groups is 1. The summed E-state index contributed by atoms with van der Waals surface area (Å²) in [7, 11) is 0. The Hall–Kier alpha value is -5.10. The fourth-order valence-corrected chi connectivity index (χ4v) is 7.07. The van der Waals surface area contributed by atoms with Crippen molar-refractivity contribution in [3.8, 4) is 5.75 Å². The maximum atomic E-state index is 14.3. The third-order valence-electron chi connectivity index (χ3n) is 8.07. The first-order valence-electron chi connectivity index (χ1n) is 15.4. The van der Waals surface area contributed by atoms with Crippen molar-refractivity contribution in [3.05, 3.63) is 118 Å². The fraction of sp³-hybridized carbons (Fsp3) is 0.278. The topological polar surface area (TPSA) is 125 Å². The SMILES string of the molecule is CC(C)(C)OC(=O)N[C@@H]1C(=O)N2[C@@H](C(=O)OC(c3ccccc3)c3ccccc3)C(C=C3CCN(c4cccc(F)c4O)C3=O)=CS[C@H]12. The number of benzene rings is 3. The number of esters is 1. The van der Waals surface area contributed by atoms with Gasteiger partial charge in [0.1, 0.15) is 17.0 Å². The molecule has 10 nitrogen and oxygen atoms in total. The molecule has 0 radical (unpaired) electrons. The second-order valence-corrected chi connectivity index (χ2v) is 13.5. The molecule has 12 heteroatoms. The number of halogens is 1. The molecule has 2 fully saturated rings. The lowest BCUT2D eigenvalue weighted by atomic mass is 9.95. The third kappa shape index (κ3) is 6.52. The maximum absolute atomic E-state index is 14.3. The van der Waals surface area contributed by atoms with Gasteiger partial charge in [-0.15, -0.1) is 11.8 Å². The number of ether oxygens (including phenoxy) is 2. The Morgan fingerprint density at radius 2 is 1.65 bits per heavy atom. The molecule has 0 aromatic heterocycles. The molecule has 6 rings (SSSR count). The van der Waals surface area contributed by atoms with Gasteiger partial charge in [0.25, 0.3) is 5.91 Å². The Morgan fingerprint density at radius 1 is 1.00 bits per heavy atom. The molecule has 0 unspecified atom stereocenters. The van der Waals surface area contributed by atoms with Crippen LogP contribution in [0, 0.1) is 5.82 Å². The second kappa shape index (κ2) is 13.2. The second-order valence-electron chi connectivity index (χ2n) is 12.5. The number of phenolic OH excluding ortho intramolecular Hbond substituents is 1. The van der Waals surface area contributed by atoms with Gasteiger partial charge in [-0.25, -0.2) is 14.0 Å². The number of nitrogens with one attached hydrogen (secondary N) is 1. The van der Waals surface area contributed by atoms with Crippen LogP contribution in [0.1, 0.15) is 44.4 Å². The van der Waals surface area contributed by atoms with E-state index in [1.54, 1.807) is 32.3 Å². The molecular formula is C36H34FN3O7S. The van der Waals surface area contributed by atoms with Gasteiger partial charge in [-0.2, -0.15) is 0 Å². The molecular weight excluding hydrogens is 637 g/mol. The van der Waals surface area contributed by atoms with E-state index in [1.807, 2.05) is 60.7 Å². The highest BCUT2D eigenvalue weighted by molar-refractivity contribution is 8.03. The van der Waals surface area contributed by atoms with Crippen LogP contribution in [-0.4, -0.2) is 63.5 Å². The number of β-lactam (4-membered cyclic amide) rings is 1. The average Bonchev–Trinajstić information content (AvgIpc) is 3.42. The molecule has 48 heavy (non-hydrogen) atoms. The first-order valence-corrected chi connectivity index (χ1v) is 16.3. The molecule has 3 aliphatic heterocycles. The van der Waals surface area contributed by atoms with Gasteiger partial charge < -0.3 is 29.7 Å². The Bertz CT molecular complexity index is 1770. The summed E-state index contributed by atoms with van der Waals surface area (Å²) in [4.78, 5) is 56.6. The number of rotatable bonds is 7. The number of para-hydroxylation sites is 1. The van der Waals surface area contributed by atoms with Crippen LogP contribution in [0.25, 0.3) is 0 Å². The van der Waals surface area contributed by atoms with E-state index < -0.39 is 64.6 Å². The van der Waals surface area contributed by atoms with Crippen molar-refractivity contribution in [2.24, 2.45) is 0 Å². The number of aromatic hydroxyl groups is 1. The summed E-state index contributed by atoms with van der Waals surface area (Å²) in [6.45, 7) is 5.31. The van der Waals surface area contributed by atoms with Gasteiger partial charge in [0.05, 0.1) is 5.69 Å². The van der Waals surface area contributed by atoms with Crippen LogP contribution < -0.4 is 10.2 Å². The molecule has 3 heterocycles. The summed E-state index contributed by atoms with van der Waals surface area (Å²) in [6, 6.07) is 20.2. The standard InChI is InChI=1S/C36H34FN3O7S/c1-36(2,3)47-35(45)38-27-32(43)40-28(34(44)46-30(21-11-6-4-7-12-21)22-13-8-5-9-14-22)24(20-48-33(27)40)19-23-17-18-39(31(23)42)26-16-10-15-25(37)29(26)41/h4-16,19-20,27-28,30,33,41H,17-18H2,1-3H3,(H,38,45)/t27-,28-,33-/m1/s1. The number of nitrogens with zero attached hydrogens (tertiary/aromatic N) is 2. The van der Waals surface area contributed by atoms with Gasteiger partial charge in [0, 0.05) is 12.1 Å². The van der Waals surface area contributed by atoms with E-state index in [0.29, 0.717) is 11.1 Å². The van der Waals surface area contributed by atoms with Crippen LogP contribution in [0.4, 0.5) is 14.9 Å². The minimum absolute atomic E-state index is 0.0361. The van der Waals surface area contributed by atoms with Crippen molar-refractivity contribution in [2.45, 2.75) is 56.4 Å². The molecule has 0 saturated carbocycles. The van der Waals surface area contributed by atoms with Crippen molar-refractivity contribution in [1.82, 2.24) is 10.2 Å². The summed E-state index contributed by atoms with van der Waals surface area (Å²) in [5, 5.41) is 13.9. The van der Waals surface area contributed by atoms with Gasteiger partial charge >= 0.3 is 12.1 Å². The number of hydrogen-bond donors (Lipinski definition) is 2. The fourth-order valence-electron chi connectivity index (χ4n) is 5.87. The van der Waals surface area contributed by atoms with Crippen LogP contribution in [0.3, 0.4) is 0 Å². The highest BCUT2D eigenvalue weighted by Crippen LogP contribution is 2.43. The van der Waals surface area contributed by atoms with Crippen molar-refractivity contribution >= 4 is 41.3 Å². The van der Waals surface area contributed by atoms with Gasteiger partial charge in [-0.1, -0.05) is 66.7 Å². The summed E-state index contributed by atoms with van der Waals surface area (Å²) in [6.07, 6.45) is 0.238. The summed E-state index contributed by atoms with van der Waals surface area (Å²) in [5.74, 6) is -3.19. The van der Waals surface area contributed by atoms with Crippen molar-refractivity contribution < 1.29 is 38.1 Å². The van der Waals surface area contributed by atoms with Crippen LogP contribution >= 0.6 is 11.8 Å². The smallest absolute Gasteiger partial charge is 0.408 e. The highest BCUT2D eigenvalue weighted by Gasteiger charge is 2.56. The Morgan fingerprint density at radius 3 is 2.27 bits per heavy atom. The number of fused-ring (bicyclic) bond motifs is 1. The number of carbonyl (C=O) groups is 4. The predicted octanol–water partition coefficient (Wildman–Crippen LogP) is 5.59. The van der Waals surface area contributed by atoms with E-state index in [9.17, 15) is 28.7 Å². The summed E-state index contributed by atoms with van der Waals surface area (Å²) >= 11 is 1.22. The van der Waals surface area contributed by atoms with Crippen LogP contribution in [0.15, 0.2) is 101 Å². The maximum Gasteiger partial charge on any atom is 0.408 e. The molecule has 3 amide bonds. The van der Waals surface area contributed by atoms with Crippen molar-refractivity contribution in [1.29, 1.82) is 0 Å². The molecule has 2 saturated heterocycles. The van der Waals surface area contributed by atoms with Gasteiger partial charge in [0.15, 0.2) is 23.7 Å². The molecule has 3 aromatic carbocycles. The zero-order valence-corrected chi connectivity index (χ0v) is 27.3. The lowest BCUT2D eigenvalue weighted by Gasteiger charge is -2.51. The number of alkyl carbamates (subject to hydrolysis) is 1. The number of anilines is 1. The lowest BCUT2D eigenvalue weighted by molar-refractivity contribution is -0.164. The molecule has 0 spiro atoms. The molecule has 2 N–H and O–H groups in total. The number of hydrogen-bond acceptors (Lipinski definition) is 8. The largest absolute Gasteiger partial charge is 0.503 e. The molecule has 3 atom stereocenters. The highest BCUT2D eigenvalue weighted by atomic mass is 32.2. The zero-order chi connectivity index (χ0) is 34.2. The summed E-state index contributed by atoms with van der Waals surface area (Å²) < 4.78 is 25.6. The molecule has 0 aliphatic carbocycles. The lowest BCUT2D eigenvalue weighted by Crippen LogP contribution is -2.74. The van der Waals surface area contributed by atoms with E-state index in [0.717, 1.165) is 17.2 Å². The van der Waals surface area contributed by atoms with Crippen LogP contribution in [0.2, 0.25) is 0 Å². The first-order chi connectivity index (χ1) is 22.9. The normalized spacial score (nSPS) is 21.5. The minimum atomic E-state index is -1.24. The number of amides is 3. The summed E-state index contributed by atoms with van der Waals surface area (Å²) in [5.41, 5.74) is 1.35. The van der Waals surface area contributed by atoms with Crippen LogP contribution in [-0.2, 0) is 23.9 Å². The van der Waals surface area contributed by atoms with E-state index >= 15 is 0 Å². The van der Waals surface area contributed by atoms with Crippen LogP contribution in [0.5, 0.6) is 5.75 Å². The third-order valence-corrected chi connectivity index (χ3v) is 9.26. The van der Waals surface area contributed by atoms with E-state index in [-0.39, 0.29) is 18.7 Å². The average molecular weight is 672 g/mol. The number of carbonyl (C=O) groups excluding carboxylic acids is 4. The molecule has 248 valence electrons. The van der Waals surface area contributed by atoms with Crippen molar-refractivity contribution in [3.63, 3.8) is 0 Å². The molecule has 3 aromatic rings. The van der Waals surface area contributed by atoms with E-state index in [2.05, 4.69) is 5.32 Å². The molecule has 3 aliphatic rings. The first kappa shape index (κ1) is 32.8.